The SMILES string of the molecule is CO/N=C(\C(=O)NC1S[C@@H]2CC(=O)N2C(C(=O)O)=C1CSc1nc(=O)c(=O)[nH]n1C)c1ccco1. The van der Waals surface area contributed by atoms with Gasteiger partial charge >= 0.3 is 17.1 Å². The second kappa shape index (κ2) is 9.83. The van der Waals surface area contributed by atoms with Crippen LogP contribution in [0.2, 0.25) is 0 Å². The van der Waals surface area contributed by atoms with E-state index >= 15 is 0 Å². The topological polar surface area (TPSA) is 189 Å². The Kier molecular flexibility index (Phi) is 6.83. The Hall–Kier alpha value is -3.79. The minimum atomic E-state index is -1.35. The Morgan fingerprint density at radius 1 is 1.43 bits per heavy atom. The molecule has 3 N–H and O–H groups in total. The molecule has 35 heavy (non-hydrogen) atoms. The summed E-state index contributed by atoms with van der Waals surface area (Å²) in [6.07, 6.45) is 1.47. The molecule has 0 bridgehead atoms. The average Bonchev–Trinajstić information content (AvgIpc) is 3.33. The molecule has 0 spiro atoms. The number of nitrogens with one attached hydrogen (secondary N) is 2. The first-order valence-corrected chi connectivity index (χ1v) is 11.8. The third-order valence-electron chi connectivity index (χ3n) is 4.98. The molecule has 4 heterocycles. The number of hydrogen-bond donors (Lipinski definition) is 3. The van der Waals surface area contributed by atoms with Crippen LogP contribution in [0.15, 0.2) is 54.0 Å². The lowest BCUT2D eigenvalue weighted by Crippen LogP contribution is -2.58. The Bertz CT molecular complexity index is 1360. The highest BCUT2D eigenvalue weighted by Crippen LogP contribution is 2.44. The van der Waals surface area contributed by atoms with Gasteiger partial charge in [0.15, 0.2) is 10.9 Å². The number of aromatic nitrogens is 3. The molecule has 2 aromatic heterocycles. The molecule has 0 aliphatic carbocycles. The third kappa shape index (κ3) is 4.74. The van der Waals surface area contributed by atoms with Crippen LogP contribution in [-0.2, 0) is 26.3 Å². The number of aromatic amines is 1. The van der Waals surface area contributed by atoms with E-state index in [1.54, 1.807) is 6.07 Å². The number of amides is 2. The number of carbonyl (C=O) groups is 3. The lowest BCUT2D eigenvalue weighted by atomic mass is 10.1. The average molecular weight is 523 g/mol. The van der Waals surface area contributed by atoms with E-state index in [2.05, 4.69) is 20.6 Å². The molecule has 184 valence electrons. The van der Waals surface area contributed by atoms with Crippen molar-refractivity contribution in [2.45, 2.75) is 22.3 Å². The first-order chi connectivity index (χ1) is 16.7. The van der Waals surface area contributed by atoms with E-state index in [0.29, 0.717) is 0 Å². The van der Waals surface area contributed by atoms with Gasteiger partial charge < -0.3 is 19.7 Å². The molecule has 0 radical (unpaired) electrons. The molecule has 2 amide bonds. The Balaban J connectivity index is 1.68. The molecule has 16 heteroatoms. The fourth-order valence-corrected chi connectivity index (χ4v) is 5.92. The molecule has 2 aliphatic heterocycles. The summed E-state index contributed by atoms with van der Waals surface area (Å²) in [7, 11) is 2.72. The van der Waals surface area contributed by atoms with Crippen LogP contribution in [0.5, 0.6) is 0 Å². The molecule has 1 fully saturated rings. The van der Waals surface area contributed by atoms with Crippen LogP contribution in [0.1, 0.15) is 12.2 Å². The molecule has 0 aromatic carbocycles. The normalized spacial score (nSPS) is 19.8. The fourth-order valence-electron chi connectivity index (χ4n) is 3.41. The third-order valence-corrected chi connectivity index (χ3v) is 7.43. The van der Waals surface area contributed by atoms with Crippen LogP contribution >= 0.6 is 23.5 Å². The van der Waals surface area contributed by atoms with E-state index in [0.717, 1.165) is 11.8 Å². The van der Waals surface area contributed by atoms with Gasteiger partial charge in [0.1, 0.15) is 18.2 Å². The number of furan rings is 1. The van der Waals surface area contributed by atoms with E-state index in [1.165, 1.54) is 47.8 Å². The second-order valence-corrected chi connectivity index (χ2v) is 9.41. The van der Waals surface area contributed by atoms with Gasteiger partial charge in [0.05, 0.1) is 18.1 Å². The molecule has 4 rings (SSSR count). The lowest BCUT2D eigenvalue weighted by molar-refractivity contribution is -0.146. The Labute approximate surface area is 204 Å². The number of rotatable bonds is 8. The number of H-pyrrole nitrogens is 1. The molecule has 2 aromatic rings. The number of aliphatic carboxylic acids is 1. The largest absolute Gasteiger partial charge is 0.477 e. The van der Waals surface area contributed by atoms with E-state index in [1.807, 2.05) is 0 Å². The minimum absolute atomic E-state index is 0.0695. The summed E-state index contributed by atoms with van der Waals surface area (Å²) in [6.45, 7) is 0. The van der Waals surface area contributed by atoms with Gasteiger partial charge in [-0.2, -0.15) is 4.98 Å². The molecule has 14 nitrogen and oxygen atoms in total. The number of carboxylic acids is 1. The van der Waals surface area contributed by atoms with Crippen molar-refractivity contribution in [1.29, 1.82) is 0 Å². The monoisotopic (exact) mass is 522 g/mol. The summed E-state index contributed by atoms with van der Waals surface area (Å²) in [6, 6.07) is 3.07. The Morgan fingerprint density at radius 3 is 2.83 bits per heavy atom. The summed E-state index contributed by atoms with van der Waals surface area (Å²) in [5.41, 5.74) is -2.14. The maximum absolute atomic E-state index is 13.1. The Morgan fingerprint density at radius 2 is 2.20 bits per heavy atom. The van der Waals surface area contributed by atoms with Crippen LogP contribution in [0.3, 0.4) is 0 Å². The number of thioether (sulfide) groups is 2. The molecular formula is C19H18N6O8S2. The van der Waals surface area contributed by atoms with Crippen LogP contribution in [-0.4, -0.2) is 71.9 Å². The van der Waals surface area contributed by atoms with E-state index in [9.17, 15) is 29.1 Å². The smallest absolute Gasteiger partial charge is 0.352 e. The fraction of sp³-hybridized carbons (Fsp3) is 0.316. The standard InChI is InChI=1S/C19H18N6O8S2/c1-24-19(21-15(28)16(29)22-24)34-7-8-13(18(30)31)25-10(26)6-11(25)35-17(8)20-14(27)12(23-32-2)9-4-3-5-33-9/h3-5,11,17H,6-7H2,1-2H3,(H,20,27)(H,22,29)(H,30,31)/b23-12-/t11-,17?/m1/s1. The highest BCUT2D eigenvalue weighted by Gasteiger charge is 2.49. The minimum Gasteiger partial charge on any atom is -0.477 e. The number of carboxylic acid groups (broad SMARTS) is 1. The van der Waals surface area contributed by atoms with Crippen molar-refractivity contribution >= 4 is 47.0 Å². The van der Waals surface area contributed by atoms with E-state index in [4.69, 9.17) is 9.25 Å². The molecule has 2 atom stereocenters. The van der Waals surface area contributed by atoms with Gasteiger partial charge in [-0.25, -0.2) is 4.79 Å². The van der Waals surface area contributed by atoms with Crippen LogP contribution in [0, 0.1) is 0 Å². The number of β-lactam (4-membered cyclic amide) rings is 1. The molecule has 2 aliphatic rings. The number of oxime groups is 1. The highest BCUT2D eigenvalue weighted by atomic mass is 32.2. The van der Waals surface area contributed by atoms with Crippen molar-refractivity contribution in [3.8, 4) is 0 Å². The highest BCUT2D eigenvalue weighted by molar-refractivity contribution is 8.01. The van der Waals surface area contributed by atoms with Crippen molar-refractivity contribution in [2.75, 3.05) is 12.9 Å². The van der Waals surface area contributed by atoms with Gasteiger partial charge in [-0.15, -0.1) is 11.8 Å². The van der Waals surface area contributed by atoms with Gasteiger partial charge in [-0.3, -0.25) is 33.9 Å². The lowest BCUT2D eigenvalue weighted by Gasteiger charge is -2.46. The number of carbonyl (C=O) groups excluding carboxylic acids is 2. The number of fused-ring (bicyclic) bond motifs is 1. The van der Waals surface area contributed by atoms with Gasteiger partial charge in [0.2, 0.25) is 11.6 Å². The summed E-state index contributed by atoms with van der Waals surface area (Å²) in [4.78, 5) is 70.2. The summed E-state index contributed by atoms with van der Waals surface area (Å²) >= 11 is 2.14. The molecule has 0 saturated carbocycles. The quantitative estimate of drug-likeness (QED) is 0.131. The first kappa shape index (κ1) is 24.3. The van der Waals surface area contributed by atoms with E-state index in [-0.39, 0.29) is 46.0 Å². The van der Waals surface area contributed by atoms with Crippen molar-refractivity contribution in [3.05, 3.63) is 56.1 Å². The molecule has 1 unspecified atom stereocenters. The van der Waals surface area contributed by atoms with Crippen LogP contribution < -0.4 is 16.4 Å². The van der Waals surface area contributed by atoms with Crippen LogP contribution in [0.4, 0.5) is 0 Å². The summed E-state index contributed by atoms with van der Waals surface area (Å²) in [5, 5.41) is 17.4. The number of hydrogen-bond acceptors (Lipinski definition) is 11. The zero-order chi connectivity index (χ0) is 25.3. The van der Waals surface area contributed by atoms with Crippen molar-refractivity contribution in [1.82, 2.24) is 25.0 Å². The zero-order valence-electron chi connectivity index (χ0n) is 18.2. The van der Waals surface area contributed by atoms with Gasteiger partial charge in [-0.05, 0) is 12.1 Å². The van der Waals surface area contributed by atoms with E-state index < -0.39 is 33.7 Å². The second-order valence-electron chi connectivity index (χ2n) is 7.18. The zero-order valence-corrected chi connectivity index (χ0v) is 19.8. The number of nitrogens with zero attached hydrogens (tertiary/aromatic N) is 4. The maximum Gasteiger partial charge on any atom is 0.352 e. The summed E-state index contributed by atoms with van der Waals surface area (Å²) < 4.78 is 6.46. The maximum atomic E-state index is 13.1. The van der Waals surface area contributed by atoms with Crippen LogP contribution in [0.25, 0.3) is 0 Å². The first-order valence-electron chi connectivity index (χ1n) is 9.91. The van der Waals surface area contributed by atoms with Crippen molar-refractivity contribution in [2.24, 2.45) is 12.2 Å². The molecule has 1 saturated heterocycles. The van der Waals surface area contributed by atoms with Gasteiger partial charge in [0.25, 0.3) is 5.91 Å². The summed E-state index contributed by atoms with van der Waals surface area (Å²) in [5.74, 6) is -2.34. The predicted octanol–water partition coefficient (Wildman–Crippen LogP) is -0.709. The number of aryl methyl sites for hydroxylation is 1. The molecular weight excluding hydrogens is 504 g/mol. The predicted molar refractivity (Wildman–Crippen MR) is 123 cm³/mol. The van der Waals surface area contributed by atoms with Crippen molar-refractivity contribution in [3.63, 3.8) is 0 Å². The van der Waals surface area contributed by atoms with Gasteiger partial charge in [0, 0.05) is 18.4 Å². The van der Waals surface area contributed by atoms with Gasteiger partial charge in [-0.1, -0.05) is 16.9 Å². The van der Waals surface area contributed by atoms with Crippen molar-refractivity contribution < 1.29 is 28.7 Å².